The molecule has 136 valence electrons. The summed E-state index contributed by atoms with van der Waals surface area (Å²) in [6.07, 6.45) is 1.86. The van der Waals surface area contributed by atoms with Gasteiger partial charge in [0.15, 0.2) is 0 Å². The van der Waals surface area contributed by atoms with Crippen LogP contribution in [-0.2, 0) is 6.42 Å². The molecule has 1 aromatic carbocycles. The van der Waals surface area contributed by atoms with E-state index in [9.17, 15) is 9.90 Å². The molecule has 7 nitrogen and oxygen atoms in total. The third kappa shape index (κ3) is 3.35. The number of hydrogen-bond donors (Lipinski definition) is 3. The Labute approximate surface area is 152 Å². The SMILES string of the molecule is Cc1cccc(Nc2nc(N3CCC(O)CC3)nc3c2C(=O)NCC3)c1. The zero-order chi connectivity index (χ0) is 18.1. The number of fused-ring (bicyclic) bond motifs is 1. The predicted octanol–water partition coefficient (Wildman–Crippen LogP) is 1.78. The van der Waals surface area contributed by atoms with Crippen molar-refractivity contribution in [3.8, 4) is 0 Å². The molecule has 0 aliphatic carbocycles. The van der Waals surface area contributed by atoms with Crippen molar-refractivity contribution in [2.75, 3.05) is 29.9 Å². The number of aromatic nitrogens is 2. The summed E-state index contributed by atoms with van der Waals surface area (Å²) >= 11 is 0. The van der Waals surface area contributed by atoms with Gasteiger partial charge >= 0.3 is 0 Å². The smallest absolute Gasteiger partial charge is 0.256 e. The van der Waals surface area contributed by atoms with Gasteiger partial charge in [-0.15, -0.1) is 0 Å². The topological polar surface area (TPSA) is 90.4 Å². The molecule has 1 aromatic heterocycles. The van der Waals surface area contributed by atoms with Crippen LogP contribution in [0.15, 0.2) is 24.3 Å². The molecule has 7 heteroatoms. The standard InChI is InChI=1S/C19H23N5O2/c1-12-3-2-4-13(11-12)21-17-16-15(5-8-20-18(16)26)22-19(23-17)24-9-6-14(25)7-10-24/h2-4,11,14,25H,5-10H2,1H3,(H,20,26)(H,21,22,23). The van der Waals surface area contributed by atoms with Crippen molar-refractivity contribution in [2.24, 2.45) is 0 Å². The van der Waals surface area contributed by atoms with Crippen LogP contribution in [0.4, 0.5) is 17.5 Å². The molecule has 4 rings (SSSR count). The van der Waals surface area contributed by atoms with E-state index in [1.54, 1.807) is 0 Å². The van der Waals surface area contributed by atoms with E-state index in [0.717, 1.165) is 30.0 Å². The number of amides is 1. The Morgan fingerprint density at radius 1 is 1.27 bits per heavy atom. The lowest BCUT2D eigenvalue weighted by Gasteiger charge is -2.31. The number of nitrogens with zero attached hydrogens (tertiary/aromatic N) is 3. The molecule has 2 aliphatic rings. The Morgan fingerprint density at radius 2 is 2.08 bits per heavy atom. The second-order valence-corrected chi connectivity index (χ2v) is 6.91. The Morgan fingerprint density at radius 3 is 2.85 bits per heavy atom. The minimum atomic E-state index is -0.250. The first-order valence-corrected chi connectivity index (χ1v) is 9.06. The van der Waals surface area contributed by atoms with Crippen LogP contribution in [0.1, 0.15) is 34.5 Å². The number of carbonyl (C=O) groups excluding carboxylic acids is 1. The number of nitrogens with one attached hydrogen (secondary N) is 2. The van der Waals surface area contributed by atoms with Crippen molar-refractivity contribution in [2.45, 2.75) is 32.3 Å². The van der Waals surface area contributed by atoms with Crippen LogP contribution < -0.4 is 15.5 Å². The number of piperidine rings is 1. The number of aliphatic hydroxyl groups excluding tert-OH is 1. The molecule has 0 bridgehead atoms. The lowest BCUT2D eigenvalue weighted by Crippen LogP contribution is -2.38. The number of hydrogen-bond acceptors (Lipinski definition) is 6. The molecule has 0 saturated carbocycles. The highest BCUT2D eigenvalue weighted by molar-refractivity contribution is 6.01. The fourth-order valence-electron chi connectivity index (χ4n) is 3.45. The molecule has 0 spiro atoms. The van der Waals surface area contributed by atoms with Crippen molar-refractivity contribution < 1.29 is 9.90 Å². The van der Waals surface area contributed by atoms with Crippen LogP contribution in [0, 0.1) is 6.92 Å². The van der Waals surface area contributed by atoms with Crippen LogP contribution in [-0.4, -0.2) is 46.7 Å². The van der Waals surface area contributed by atoms with Crippen molar-refractivity contribution in [3.05, 3.63) is 41.1 Å². The number of anilines is 3. The van der Waals surface area contributed by atoms with E-state index < -0.39 is 0 Å². The first-order valence-electron chi connectivity index (χ1n) is 9.06. The van der Waals surface area contributed by atoms with Crippen LogP contribution >= 0.6 is 0 Å². The monoisotopic (exact) mass is 353 g/mol. The van der Waals surface area contributed by atoms with Gasteiger partial charge in [-0.2, -0.15) is 4.98 Å². The zero-order valence-corrected chi connectivity index (χ0v) is 14.8. The van der Waals surface area contributed by atoms with E-state index in [-0.39, 0.29) is 12.0 Å². The molecule has 1 saturated heterocycles. The Kier molecular flexibility index (Phi) is 4.46. The Balaban J connectivity index is 1.72. The first kappa shape index (κ1) is 16.8. The second-order valence-electron chi connectivity index (χ2n) is 6.91. The first-order chi connectivity index (χ1) is 12.6. The van der Waals surface area contributed by atoms with Gasteiger partial charge in [-0.05, 0) is 37.5 Å². The number of rotatable bonds is 3. The normalized spacial score (nSPS) is 17.6. The van der Waals surface area contributed by atoms with Gasteiger partial charge in [0, 0.05) is 31.7 Å². The number of carbonyl (C=O) groups is 1. The van der Waals surface area contributed by atoms with Crippen molar-refractivity contribution in [1.29, 1.82) is 0 Å². The summed E-state index contributed by atoms with van der Waals surface area (Å²) in [5, 5.41) is 15.9. The second kappa shape index (κ2) is 6.92. The molecule has 26 heavy (non-hydrogen) atoms. The number of benzene rings is 1. The summed E-state index contributed by atoms with van der Waals surface area (Å²) in [6, 6.07) is 7.97. The van der Waals surface area contributed by atoms with Crippen LogP contribution in [0.2, 0.25) is 0 Å². The molecule has 0 unspecified atom stereocenters. The minimum absolute atomic E-state index is 0.137. The van der Waals surface area contributed by atoms with E-state index >= 15 is 0 Å². The van der Waals surface area contributed by atoms with Crippen molar-refractivity contribution >= 4 is 23.4 Å². The highest BCUT2D eigenvalue weighted by Gasteiger charge is 2.27. The number of aryl methyl sites for hydroxylation is 1. The van der Waals surface area contributed by atoms with E-state index in [1.807, 2.05) is 31.2 Å². The lowest BCUT2D eigenvalue weighted by molar-refractivity contribution is 0.0945. The molecule has 1 amide bonds. The molecular weight excluding hydrogens is 330 g/mol. The molecule has 1 fully saturated rings. The molecule has 2 aliphatic heterocycles. The molecule has 3 N–H and O–H groups in total. The van der Waals surface area contributed by atoms with E-state index in [4.69, 9.17) is 0 Å². The quantitative estimate of drug-likeness (QED) is 0.779. The Bertz CT molecular complexity index is 831. The summed E-state index contributed by atoms with van der Waals surface area (Å²) in [5.74, 6) is 1.03. The highest BCUT2D eigenvalue weighted by atomic mass is 16.3. The molecule has 3 heterocycles. The molecular formula is C19H23N5O2. The summed E-state index contributed by atoms with van der Waals surface area (Å²) in [6.45, 7) is 4.05. The lowest BCUT2D eigenvalue weighted by atomic mass is 10.1. The van der Waals surface area contributed by atoms with Gasteiger partial charge in [-0.25, -0.2) is 4.98 Å². The largest absolute Gasteiger partial charge is 0.393 e. The van der Waals surface area contributed by atoms with Gasteiger partial charge in [0.2, 0.25) is 5.95 Å². The van der Waals surface area contributed by atoms with E-state index in [1.165, 1.54) is 0 Å². The van der Waals surface area contributed by atoms with Gasteiger partial charge in [0.25, 0.3) is 5.91 Å². The fourth-order valence-corrected chi connectivity index (χ4v) is 3.45. The minimum Gasteiger partial charge on any atom is -0.393 e. The predicted molar refractivity (Wildman–Crippen MR) is 100.0 cm³/mol. The van der Waals surface area contributed by atoms with Gasteiger partial charge < -0.3 is 20.6 Å². The van der Waals surface area contributed by atoms with Crippen molar-refractivity contribution in [3.63, 3.8) is 0 Å². The van der Waals surface area contributed by atoms with Crippen LogP contribution in [0.3, 0.4) is 0 Å². The van der Waals surface area contributed by atoms with E-state index in [2.05, 4.69) is 25.5 Å². The van der Waals surface area contributed by atoms with Crippen molar-refractivity contribution in [1.82, 2.24) is 15.3 Å². The van der Waals surface area contributed by atoms with Gasteiger partial charge in [0.1, 0.15) is 11.4 Å². The molecule has 0 atom stereocenters. The highest BCUT2D eigenvalue weighted by Crippen LogP contribution is 2.27. The molecule has 0 radical (unpaired) electrons. The maximum absolute atomic E-state index is 12.4. The fraction of sp³-hybridized carbons (Fsp3) is 0.421. The van der Waals surface area contributed by atoms with E-state index in [0.29, 0.717) is 43.1 Å². The Hall–Kier alpha value is -2.67. The zero-order valence-electron chi connectivity index (χ0n) is 14.8. The van der Waals surface area contributed by atoms with Gasteiger partial charge in [-0.3, -0.25) is 4.79 Å². The third-order valence-electron chi connectivity index (χ3n) is 4.87. The summed E-state index contributed by atoms with van der Waals surface area (Å²) < 4.78 is 0. The van der Waals surface area contributed by atoms with Crippen LogP contribution in [0.5, 0.6) is 0 Å². The third-order valence-corrected chi connectivity index (χ3v) is 4.87. The van der Waals surface area contributed by atoms with Crippen LogP contribution in [0.25, 0.3) is 0 Å². The maximum atomic E-state index is 12.4. The van der Waals surface area contributed by atoms with Gasteiger partial charge in [-0.1, -0.05) is 12.1 Å². The van der Waals surface area contributed by atoms with Gasteiger partial charge in [0.05, 0.1) is 11.8 Å². The summed E-state index contributed by atoms with van der Waals surface area (Å²) in [7, 11) is 0. The maximum Gasteiger partial charge on any atom is 0.256 e. The number of aliphatic hydroxyl groups is 1. The average molecular weight is 353 g/mol. The summed E-state index contributed by atoms with van der Waals surface area (Å²) in [4.78, 5) is 23.8. The summed E-state index contributed by atoms with van der Waals surface area (Å²) in [5.41, 5.74) is 3.33. The average Bonchev–Trinajstić information content (AvgIpc) is 2.62. The molecule has 2 aromatic rings.